The predicted molar refractivity (Wildman–Crippen MR) is 92.7 cm³/mol. The Morgan fingerprint density at radius 2 is 2.09 bits per heavy atom. The van der Waals surface area contributed by atoms with Gasteiger partial charge in [-0.25, -0.2) is 5.10 Å². The van der Waals surface area contributed by atoms with Gasteiger partial charge in [0.15, 0.2) is 0 Å². The van der Waals surface area contributed by atoms with Gasteiger partial charge in [-0.1, -0.05) is 31.7 Å². The minimum Gasteiger partial charge on any atom is -0.508 e. The van der Waals surface area contributed by atoms with Crippen LogP contribution in [0.3, 0.4) is 0 Å². The number of hydrogen-bond acceptors (Lipinski definition) is 6. The molecule has 7 heteroatoms. The fraction of sp³-hybridized carbons (Fsp3) is 0.500. The molecule has 23 heavy (non-hydrogen) atoms. The number of phenolic OH excluding ortho intramolecular Hbond substituents is 1. The number of hydrogen-bond donors (Lipinski definition) is 3. The number of likely N-dealkylation sites (N-methyl/N-ethyl adjacent to an activating group) is 1. The number of nitrogens with two attached hydrogens (primary N) is 1. The number of benzene rings is 1. The van der Waals surface area contributed by atoms with E-state index in [9.17, 15) is 5.11 Å². The van der Waals surface area contributed by atoms with Crippen molar-refractivity contribution in [3.05, 3.63) is 29.3 Å². The molecule has 1 aromatic carbocycles. The molecule has 3 rings (SSSR count). The number of rotatable bonds is 5. The number of nitrogens with one attached hydrogen (secondary N) is 1. The Bertz CT molecular complexity index is 670. The Balaban J connectivity index is 1.88. The van der Waals surface area contributed by atoms with Gasteiger partial charge < -0.3 is 10.8 Å². The van der Waals surface area contributed by atoms with Crippen molar-refractivity contribution < 1.29 is 5.11 Å². The molecule has 0 radical (unpaired) electrons. The molecule has 0 fully saturated rings. The highest BCUT2D eigenvalue weighted by atomic mass is 32.2. The summed E-state index contributed by atoms with van der Waals surface area (Å²) in [5, 5.41) is 17.7. The molecule has 1 aromatic heterocycles. The Kier molecular flexibility index (Phi) is 4.77. The summed E-state index contributed by atoms with van der Waals surface area (Å²) >= 11 is 1.68. The van der Waals surface area contributed by atoms with Crippen LogP contribution in [-0.2, 0) is 12.8 Å². The second-order valence-corrected chi connectivity index (χ2v) is 7.02. The van der Waals surface area contributed by atoms with E-state index in [1.54, 1.807) is 17.8 Å². The molecule has 6 nitrogen and oxygen atoms in total. The van der Waals surface area contributed by atoms with Gasteiger partial charge in [0.05, 0.1) is 0 Å². The first-order valence-electron chi connectivity index (χ1n) is 8.00. The van der Waals surface area contributed by atoms with E-state index in [-0.39, 0.29) is 0 Å². The quantitative estimate of drug-likeness (QED) is 0.776. The van der Waals surface area contributed by atoms with Crippen molar-refractivity contribution in [3.8, 4) is 5.75 Å². The second kappa shape index (κ2) is 6.80. The first-order chi connectivity index (χ1) is 11.1. The van der Waals surface area contributed by atoms with Crippen LogP contribution in [0.25, 0.3) is 0 Å². The highest BCUT2D eigenvalue weighted by Gasteiger charge is 2.33. The molecule has 2 atom stereocenters. The maximum absolute atomic E-state index is 9.77. The minimum absolute atomic E-state index is 0.342. The Hall–Kier alpha value is -1.73. The van der Waals surface area contributed by atoms with Crippen LogP contribution >= 0.6 is 11.8 Å². The van der Waals surface area contributed by atoms with Gasteiger partial charge in [-0.2, -0.15) is 4.98 Å². The van der Waals surface area contributed by atoms with E-state index < -0.39 is 0 Å². The van der Waals surface area contributed by atoms with Crippen LogP contribution < -0.4 is 5.73 Å². The Morgan fingerprint density at radius 1 is 1.30 bits per heavy atom. The van der Waals surface area contributed by atoms with E-state index >= 15 is 0 Å². The topological polar surface area (TPSA) is 91.1 Å². The molecule has 0 saturated heterocycles. The van der Waals surface area contributed by atoms with Gasteiger partial charge in [0.2, 0.25) is 11.1 Å². The molecular weight excluding hydrogens is 310 g/mol. The van der Waals surface area contributed by atoms with Gasteiger partial charge in [-0.3, -0.25) is 4.90 Å². The first kappa shape index (κ1) is 16.1. The molecule has 2 unspecified atom stereocenters. The largest absolute Gasteiger partial charge is 0.508 e. The molecule has 1 heterocycles. The fourth-order valence-electron chi connectivity index (χ4n) is 3.33. The monoisotopic (exact) mass is 333 g/mol. The predicted octanol–water partition coefficient (Wildman–Crippen LogP) is 2.06. The molecule has 0 bridgehead atoms. The number of aromatic hydroxyl groups is 1. The lowest BCUT2D eigenvalue weighted by molar-refractivity contribution is 0.204. The van der Waals surface area contributed by atoms with Gasteiger partial charge in [-0.05, 0) is 49.2 Å². The third-order valence-electron chi connectivity index (χ3n) is 4.49. The summed E-state index contributed by atoms with van der Waals surface area (Å²) in [6.07, 6.45) is 1.87. The van der Waals surface area contributed by atoms with E-state index in [1.807, 2.05) is 12.1 Å². The number of phenols is 1. The third-order valence-corrected chi connectivity index (χ3v) is 5.67. The molecule has 4 N–H and O–H groups in total. The summed E-state index contributed by atoms with van der Waals surface area (Å²) in [6, 6.07) is 6.09. The summed E-state index contributed by atoms with van der Waals surface area (Å²) in [6.45, 7) is 6.38. The number of aromatic amines is 1. The number of H-pyrrole nitrogens is 1. The number of anilines is 1. The minimum atomic E-state index is 0.342. The summed E-state index contributed by atoms with van der Waals surface area (Å²) in [4.78, 5) is 6.71. The Labute approximate surface area is 140 Å². The van der Waals surface area contributed by atoms with Crippen LogP contribution in [-0.4, -0.2) is 49.6 Å². The summed E-state index contributed by atoms with van der Waals surface area (Å²) < 4.78 is 0. The maximum Gasteiger partial charge on any atom is 0.216 e. The fourth-order valence-corrected chi connectivity index (χ4v) is 4.54. The lowest BCUT2D eigenvalue weighted by atomic mass is 9.87. The molecule has 0 amide bonds. The molecule has 0 spiro atoms. The molecule has 0 aliphatic heterocycles. The van der Waals surface area contributed by atoms with E-state index in [1.165, 1.54) is 11.1 Å². The Morgan fingerprint density at radius 3 is 2.74 bits per heavy atom. The van der Waals surface area contributed by atoms with Gasteiger partial charge in [0.1, 0.15) is 5.75 Å². The zero-order valence-electron chi connectivity index (χ0n) is 13.5. The van der Waals surface area contributed by atoms with Crippen molar-refractivity contribution in [1.29, 1.82) is 0 Å². The van der Waals surface area contributed by atoms with Crippen molar-refractivity contribution in [3.63, 3.8) is 0 Å². The zero-order chi connectivity index (χ0) is 16.4. The molecule has 1 aliphatic carbocycles. The van der Waals surface area contributed by atoms with Crippen LogP contribution in [0.1, 0.15) is 25.0 Å². The number of thioether (sulfide) groups is 1. The lowest BCUT2D eigenvalue weighted by Crippen LogP contribution is -2.46. The number of fused-ring (bicyclic) bond motifs is 1. The van der Waals surface area contributed by atoms with Crippen molar-refractivity contribution in [1.82, 2.24) is 20.1 Å². The van der Waals surface area contributed by atoms with Crippen molar-refractivity contribution in [2.45, 2.75) is 43.1 Å². The zero-order valence-corrected chi connectivity index (χ0v) is 14.3. The van der Waals surface area contributed by atoms with E-state index in [0.717, 1.165) is 25.9 Å². The standard InChI is InChI=1S/C16H23N5OS/c1-3-21(4-2)13-8-11-7-12(22)6-5-10(11)9-14(13)23-16-18-15(17)19-20-16/h5-7,13-14,22H,3-4,8-9H2,1-2H3,(H3,17,18,19,20). The highest BCUT2D eigenvalue weighted by Crippen LogP contribution is 2.36. The van der Waals surface area contributed by atoms with Crippen LogP contribution in [0.2, 0.25) is 0 Å². The van der Waals surface area contributed by atoms with Crippen LogP contribution in [0.5, 0.6) is 5.75 Å². The average Bonchev–Trinajstić information content (AvgIpc) is 2.94. The molecule has 1 aliphatic rings. The molecule has 124 valence electrons. The van der Waals surface area contributed by atoms with Crippen molar-refractivity contribution in [2.24, 2.45) is 0 Å². The summed E-state index contributed by atoms with van der Waals surface area (Å²) in [5.41, 5.74) is 8.19. The number of aromatic nitrogens is 3. The highest BCUT2D eigenvalue weighted by molar-refractivity contribution is 7.99. The van der Waals surface area contributed by atoms with Gasteiger partial charge in [-0.15, -0.1) is 5.10 Å². The van der Waals surface area contributed by atoms with Crippen LogP contribution in [0.4, 0.5) is 5.95 Å². The van der Waals surface area contributed by atoms with E-state index in [2.05, 4.69) is 33.9 Å². The van der Waals surface area contributed by atoms with Crippen LogP contribution in [0, 0.1) is 0 Å². The third kappa shape index (κ3) is 3.45. The first-order valence-corrected chi connectivity index (χ1v) is 8.88. The maximum atomic E-state index is 9.77. The summed E-state index contributed by atoms with van der Waals surface area (Å²) in [7, 11) is 0. The van der Waals surface area contributed by atoms with E-state index in [4.69, 9.17) is 5.73 Å². The molecular formula is C16H23N5OS. The molecule has 0 saturated carbocycles. The summed E-state index contributed by atoms with van der Waals surface area (Å²) in [5.74, 6) is 0.697. The number of nitrogens with zero attached hydrogens (tertiary/aromatic N) is 3. The lowest BCUT2D eigenvalue weighted by Gasteiger charge is -2.39. The van der Waals surface area contributed by atoms with E-state index in [0.29, 0.717) is 28.1 Å². The number of nitrogen functional groups attached to an aromatic ring is 1. The van der Waals surface area contributed by atoms with Crippen LogP contribution in [0.15, 0.2) is 23.4 Å². The molecule has 2 aromatic rings. The SMILES string of the molecule is CCN(CC)C1Cc2cc(O)ccc2CC1Sc1n[nH]c(N)n1. The normalized spacial score (nSPS) is 20.7. The average molecular weight is 333 g/mol. The second-order valence-electron chi connectivity index (χ2n) is 5.81. The van der Waals surface area contributed by atoms with Gasteiger partial charge in [0.25, 0.3) is 0 Å². The van der Waals surface area contributed by atoms with Crippen molar-refractivity contribution >= 4 is 17.7 Å². The van der Waals surface area contributed by atoms with Crippen molar-refractivity contribution in [2.75, 3.05) is 18.8 Å². The van der Waals surface area contributed by atoms with Gasteiger partial charge in [0, 0.05) is 11.3 Å². The van der Waals surface area contributed by atoms with Gasteiger partial charge >= 0.3 is 0 Å². The smallest absolute Gasteiger partial charge is 0.216 e.